The second-order valence-corrected chi connectivity index (χ2v) is 11.5. The predicted octanol–water partition coefficient (Wildman–Crippen LogP) is 6.41. The van der Waals surface area contributed by atoms with Gasteiger partial charge in [0.15, 0.2) is 0 Å². The van der Waals surface area contributed by atoms with Crippen LogP contribution in [-0.4, -0.2) is 72.2 Å². The van der Waals surface area contributed by atoms with Crippen molar-refractivity contribution in [3.63, 3.8) is 0 Å². The fourth-order valence-corrected chi connectivity index (χ4v) is 6.37. The third-order valence-electron chi connectivity index (χ3n) is 8.05. The van der Waals surface area contributed by atoms with Crippen molar-refractivity contribution in [2.75, 3.05) is 39.3 Å². The fourth-order valence-electron chi connectivity index (χ4n) is 5.84. The molecule has 1 heterocycles. The van der Waals surface area contributed by atoms with E-state index in [1.54, 1.807) is 18.2 Å². The molecule has 0 saturated carbocycles. The third kappa shape index (κ3) is 7.52. The molecular formula is C32H34Cl2F3N3O3. The largest absolute Gasteiger partial charge is 0.480 e. The molecular weight excluding hydrogens is 602 g/mol. The molecule has 0 unspecified atom stereocenters. The summed E-state index contributed by atoms with van der Waals surface area (Å²) in [4.78, 5) is 29.8. The van der Waals surface area contributed by atoms with Gasteiger partial charge in [-0.1, -0.05) is 84.2 Å². The van der Waals surface area contributed by atoms with Crippen LogP contribution in [0, 0.1) is 0 Å². The maximum absolute atomic E-state index is 12.8. The molecule has 1 aliphatic carbocycles. The lowest BCUT2D eigenvalue weighted by molar-refractivity contribution is -0.142. The first-order valence-electron chi connectivity index (χ1n) is 14.1. The molecule has 0 atom stereocenters. The van der Waals surface area contributed by atoms with Gasteiger partial charge < -0.3 is 15.7 Å². The van der Waals surface area contributed by atoms with Gasteiger partial charge in [-0.3, -0.25) is 14.5 Å². The number of carbonyl (C=O) groups excluding carboxylic acids is 1. The van der Waals surface area contributed by atoms with Crippen LogP contribution < -0.4 is 5.73 Å². The monoisotopic (exact) mass is 635 g/mol. The number of nitrogens with two attached hydrogens (primary N) is 1. The second kappa shape index (κ2) is 14.1. The Balaban J connectivity index is 0.000000641. The predicted molar refractivity (Wildman–Crippen MR) is 162 cm³/mol. The summed E-state index contributed by atoms with van der Waals surface area (Å²) in [6, 6.07) is 21.1. The van der Waals surface area contributed by atoms with Gasteiger partial charge in [0.05, 0.1) is 13.0 Å². The number of hydrogen-bond acceptors (Lipinski definition) is 4. The van der Waals surface area contributed by atoms with Gasteiger partial charge in [0.2, 0.25) is 5.91 Å². The molecule has 5 rings (SSSR count). The van der Waals surface area contributed by atoms with Crippen molar-refractivity contribution in [2.45, 2.75) is 37.3 Å². The number of aliphatic carboxylic acids is 1. The molecule has 1 aliphatic heterocycles. The molecule has 1 saturated heterocycles. The number of carbonyl (C=O) groups is 2. The zero-order chi connectivity index (χ0) is 31.2. The van der Waals surface area contributed by atoms with Gasteiger partial charge in [-0.05, 0) is 59.3 Å². The zero-order valence-electron chi connectivity index (χ0n) is 23.5. The highest BCUT2D eigenvalue weighted by Gasteiger charge is 2.48. The van der Waals surface area contributed by atoms with Crippen molar-refractivity contribution in [3.05, 3.63) is 93.5 Å². The molecule has 3 aromatic rings. The molecule has 3 aromatic carbocycles. The Morgan fingerprint density at radius 3 is 1.84 bits per heavy atom. The maximum atomic E-state index is 12.8. The number of alkyl halides is 3. The van der Waals surface area contributed by atoms with Gasteiger partial charge in [0.1, 0.15) is 5.41 Å². The molecule has 1 fully saturated rings. The lowest BCUT2D eigenvalue weighted by Crippen LogP contribution is -2.49. The van der Waals surface area contributed by atoms with Crippen molar-refractivity contribution in [3.8, 4) is 11.1 Å². The van der Waals surface area contributed by atoms with Crippen molar-refractivity contribution in [1.29, 1.82) is 0 Å². The van der Waals surface area contributed by atoms with Crippen LogP contribution in [0.1, 0.15) is 36.0 Å². The number of piperazine rings is 1. The number of halogens is 5. The number of unbranched alkanes of at least 4 members (excludes halogenated alkanes) is 1. The molecule has 6 nitrogen and oxygen atoms in total. The molecule has 0 radical (unpaired) electrons. The molecule has 0 bridgehead atoms. The molecule has 1 amide bonds. The third-order valence-corrected chi connectivity index (χ3v) is 8.76. The topological polar surface area (TPSA) is 86.9 Å². The summed E-state index contributed by atoms with van der Waals surface area (Å²) in [5, 5.41) is 11.5. The molecule has 3 N–H and O–H groups in total. The normalized spacial score (nSPS) is 15.7. The molecule has 0 aromatic heterocycles. The first-order valence-corrected chi connectivity index (χ1v) is 14.9. The maximum Gasteiger partial charge on any atom is 0.400 e. The van der Waals surface area contributed by atoms with Crippen LogP contribution in [0.5, 0.6) is 0 Å². The minimum atomic E-state index is -4.18. The molecule has 43 heavy (non-hydrogen) atoms. The smallest absolute Gasteiger partial charge is 0.400 e. The quantitative estimate of drug-likeness (QED) is 0.279. The summed E-state index contributed by atoms with van der Waals surface area (Å²) in [6.45, 7) is 2.60. The highest BCUT2D eigenvalue weighted by molar-refractivity contribution is 6.36. The Bertz CT molecular complexity index is 1380. The number of benzene rings is 3. The molecule has 2 aliphatic rings. The van der Waals surface area contributed by atoms with E-state index in [-0.39, 0.29) is 12.3 Å². The molecule has 11 heteroatoms. The van der Waals surface area contributed by atoms with Crippen molar-refractivity contribution < 1.29 is 27.9 Å². The van der Waals surface area contributed by atoms with Crippen LogP contribution in [0.25, 0.3) is 11.1 Å². The van der Waals surface area contributed by atoms with E-state index in [1.807, 2.05) is 53.4 Å². The van der Waals surface area contributed by atoms with Gasteiger partial charge in [-0.15, -0.1) is 0 Å². The van der Waals surface area contributed by atoms with E-state index in [0.717, 1.165) is 54.7 Å². The summed E-state index contributed by atoms with van der Waals surface area (Å²) in [7, 11) is 0. The van der Waals surface area contributed by atoms with E-state index in [2.05, 4.69) is 10.6 Å². The number of rotatable bonds is 8. The first kappa shape index (κ1) is 32.8. The van der Waals surface area contributed by atoms with Gasteiger partial charge in [0.25, 0.3) is 0 Å². The van der Waals surface area contributed by atoms with E-state index in [4.69, 9.17) is 23.2 Å². The number of carboxylic acid groups (broad SMARTS) is 1. The Morgan fingerprint density at radius 2 is 1.35 bits per heavy atom. The van der Waals surface area contributed by atoms with Gasteiger partial charge in [-0.2, -0.15) is 13.2 Å². The Morgan fingerprint density at radius 1 is 0.837 bits per heavy atom. The molecule has 230 valence electrons. The lowest BCUT2D eigenvalue weighted by Gasteiger charge is -2.35. The number of nitrogens with zero attached hydrogens (tertiary/aromatic N) is 2. The highest BCUT2D eigenvalue weighted by atomic mass is 35.5. The van der Waals surface area contributed by atoms with Crippen LogP contribution in [0.4, 0.5) is 13.2 Å². The number of hydrogen-bond donors (Lipinski definition) is 2. The van der Waals surface area contributed by atoms with Gasteiger partial charge >= 0.3 is 12.1 Å². The standard InChI is InChI=1S/C30H30Cl2N2O3.C2H4F3N/c31-26-12-7-13-27(32)23(26)20-28(35)34-18-16-33(17-19-34)15-6-5-14-30(29(36)37)24-10-3-1-8-21(24)22-9-2-4-11-25(22)30;3-2(4,5)1-6/h1-4,7-13H,5-6,14-20H2,(H,36,37);1,6H2. The zero-order valence-corrected chi connectivity index (χ0v) is 25.1. The summed E-state index contributed by atoms with van der Waals surface area (Å²) in [5.41, 5.74) is 7.71. The molecule has 0 spiro atoms. The Hall–Kier alpha value is -3.11. The minimum absolute atomic E-state index is 0.0385. The first-order chi connectivity index (χ1) is 20.5. The SMILES string of the molecule is NCC(F)(F)F.O=C(Cc1c(Cl)cccc1Cl)N1CCN(CCCCC2(C(=O)O)c3ccccc3-c3ccccc32)CC1. The Kier molecular flexibility index (Phi) is 10.8. The second-order valence-electron chi connectivity index (χ2n) is 10.7. The summed E-state index contributed by atoms with van der Waals surface area (Å²) in [5.74, 6) is -0.743. The number of carboxylic acids is 1. The summed E-state index contributed by atoms with van der Waals surface area (Å²) < 4.78 is 32.0. The van der Waals surface area contributed by atoms with Gasteiger partial charge in [-0.25, -0.2) is 0 Å². The van der Waals surface area contributed by atoms with E-state index in [0.29, 0.717) is 35.1 Å². The minimum Gasteiger partial charge on any atom is -0.480 e. The van der Waals surface area contributed by atoms with Crippen LogP contribution in [0.3, 0.4) is 0 Å². The number of fused-ring (bicyclic) bond motifs is 3. The lowest BCUT2D eigenvalue weighted by atomic mass is 9.74. The van der Waals surface area contributed by atoms with E-state index < -0.39 is 24.1 Å². The number of amides is 1. The fraction of sp³-hybridized carbons (Fsp3) is 0.375. The van der Waals surface area contributed by atoms with Crippen LogP contribution in [-0.2, 0) is 21.4 Å². The van der Waals surface area contributed by atoms with Crippen molar-refractivity contribution in [1.82, 2.24) is 9.80 Å². The van der Waals surface area contributed by atoms with Gasteiger partial charge in [0, 0.05) is 36.2 Å². The average Bonchev–Trinajstić information content (AvgIpc) is 3.28. The van der Waals surface area contributed by atoms with Crippen LogP contribution in [0.2, 0.25) is 10.0 Å². The van der Waals surface area contributed by atoms with E-state index in [1.165, 1.54) is 0 Å². The average molecular weight is 637 g/mol. The van der Waals surface area contributed by atoms with Crippen LogP contribution >= 0.6 is 23.2 Å². The highest BCUT2D eigenvalue weighted by Crippen LogP contribution is 2.51. The summed E-state index contributed by atoms with van der Waals surface area (Å²) >= 11 is 12.5. The van der Waals surface area contributed by atoms with Crippen LogP contribution in [0.15, 0.2) is 66.7 Å². The summed E-state index contributed by atoms with van der Waals surface area (Å²) in [6.07, 6.45) is -1.70. The Labute approximate surface area is 259 Å². The van der Waals surface area contributed by atoms with E-state index >= 15 is 0 Å². The van der Waals surface area contributed by atoms with Crippen molar-refractivity contribution in [2.24, 2.45) is 5.73 Å². The van der Waals surface area contributed by atoms with E-state index in [9.17, 15) is 27.9 Å². The van der Waals surface area contributed by atoms with Crippen molar-refractivity contribution >= 4 is 35.1 Å².